The van der Waals surface area contributed by atoms with Crippen LogP contribution < -0.4 is 10.5 Å². The summed E-state index contributed by atoms with van der Waals surface area (Å²) in [6.07, 6.45) is 0. The molecule has 0 aliphatic heterocycles. The van der Waals surface area contributed by atoms with Gasteiger partial charge in [-0.2, -0.15) is 0 Å². The number of hydrogen-bond acceptors (Lipinski definition) is 4. The molecule has 0 aliphatic carbocycles. The minimum Gasteiger partial charge on any atom is -0.452 e. The third kappa shape index (κ3) is 2.11. The van der Waals surface area contributed by atoms with Gasteiger partial charge in [-0.1, -0.05) is 0 Å². The van der Waals surface area contributed by atoms with Gasteiger partial charge in [-0.25, -0.2) is 13.1 Å². The summed E-state index contributed by atoms with van der Waals surface area (Å²) in [6, 6.07) is 1.38. The lowest BCUT2D eigenvalue weighted by Gasteiger charge is -1.96. The highest BCUT2D eigenvalue weighted by atomic mass is 79.9. The van der Waals surface area contributed by atoms with Crippen LogP contribution in [0.2, 0.25) is 0 Å². The van der Waals surface area contributed by atoms with E-state index in [1.165, 1.54) is 13.1 Å². The van der Waals surface area contributed by atoms with Crippen molar-refractivity contribution in [2.24, 2.45) is 5.73 Å². The first-order valence-electron chi connectivity index (χ1n) is 3.43. The van der Waals surface area contributed by atoms with Crippen molar-refractivity contribution in [1.29, 1.82) is 0 Å². The normalized spacial score (nSPS) is 11.9. The van der Waals surface area contributed by atoms with E-state index in [1.54, 1.807) is 0 Å². The van der Waals surface area contributed by atoms with Gasteiger partial charge < -0.3 is 10.2 Å². The van der Waals surface area contributed by atoms with Gasteiger partial charge in [0, 0.05) is 6.07 Å². The number of hydrogen-bond donors (Lipinski definition) is 2. The van der Waals surface area contributed by atoms with Gasteiger partial charge in [0.15, 0.2) is 4.67 Å². The van der Waals surface area contributed by atoms with E-state index in [1.807, 2.05) is 0 Å². The molecule has 0 saturated heterocycles. The SMILES string of the molecule is CNS(=O)(=O)c1cc(CN)oc1Br. The summed E-state index contributed by atoms with van der Waals surface area (Å²) in [5.41, 5.74) is 5.29. The quantitative estimate of drug-likeness (QED) is 0.832. The van der Waals surface area contributed by atoms with E-state index >= 15 is 0 Å². The molecule has 0 amide bonds. The van der Waals surface area contributed by atoms with Crippen molar-refractivity contribution < 1.29 is 12.8 Å². The molecule has 0 unspecified atom stereocenters. The van der Waals surface area contributed by atoms with Crippen molar-refractivity contribution in [3.05, 3.63) is 16.5 Å². The first-order chi connectivity index (χ1) is 6.01. The molecular weight excluding hydrogens is 260 g/mol. The van der Waals surface area contributed by atoms with E-state index in [0.29, 0.717) is 5.76 Å². The number of halogens is 1. The lowest BCUT2D eigenvalue weighted by atomic mass is 10.5. The number of nitrogens with two attached hydrogens (primary N) is 1. The molecule has 1 heterocycles. The minimum absolute atomic E-state index is 0.0652. The molecule has 0 atom stereocenters. The van der Waals surface area contributed by atoms with Crippen LogP contribution in [-0.4, -0.2) is 15.5 Å². The molecule has 3 N–H and O–H groups in total. The summed E-state index contributed by atoms with van der Waals surface area (Å²) in [6.45, 7) is 0.165. The molecule has 0 aromatic carbocycles. The van der Waals surface area contributed by atoms with Gasteiger partial charge in [-0.15, -0.1) is 0 Å². The molecule has 0 saturated carbocycles. The zero-order chi connectivity index (χ0) is 10.1. The predicted octanol–water partition coefficient (Wildman–Crippen LogP) is 0.409. The van der Waals surface area contributed by atoms with E-state index in [0.717, 1.165) is 0 Å². The van der Waals surface area contributed by atoms with Crippen molar-refractivity contribution in [2.45, 2.75) is 11.4 Å². The molecule has 0 fully saturated rings. The Balaban J connectivity index is 3.23. The van der Waals surface area contributed by atoms with Gasteiger partial charge >= 0.3 is 0 Å². The maximum absolute atomic E-state index is 11.3. The Hall–Kier alpha value is -0.370. The smallest absolute Gasteiger partial charge is 0.244 e. The Morgan fingerprint density at radius 2 is 2.31 bits per heavy atom. The summed E-state index contributed by atoms with van der Waals surface area (Å²) >= 11 is 2.99. The topological polar surface area (TPSA) is 85.3 Å². The minimum atomic E-state index is -3.46. The third-order valence-electron chi connectivity index (χ3n) is 1.47. The summed E-state index contributed by atoms with van der Waals surface area (Å²) in [5, 5.41) is 0. The lowest BCUT2D eigenvalue weighted by Crippen LogP contribution is -2.18. The summed E-state index contributed by atoms with van der Waals surface area (Å²) in [5.74, 6) is 0.417. The van der Waals surface area contributed by atoms with Crippen LogP contribution in [0, 0.1) is 0 Å². The Morgan fingerprint density at radius 3 is 2.69 bits per heavy atom. The van der Waals surface area contributed by atoms with E-state index < -0.39 is 10.0 Å². The maximum atomic E-state index is 11.3. The van der Waals surface area contributed by atoms with Crippen molar-refractivity contribution in [2.75, 3.05) is 7.05 Å². The van der Waals surface area contributed by atoms with Gasteiger partial charge in [-0.05, 0) is 23.0 Å². The molecule has 74 valence electrons. The fourth-order valence-corrected chi connectivity index (χ4v) is 2.51. The molecule has 1 aromatic heterocycles. The Morgan fingerprint density at radius 1 is 1.69 bits per heavy atom. The molecule has 0 spiro atoms. The van der Waals surface area contributed by atoms with Gasteiger partial charge in [0.05, 0.1) is 6.54 Å². The van der Waals surface area contributed by atoms with Crippen LogP contribution in [0.5, 0.6) is 0 Å². The molecule has 0 bridgehead atoms. The molecule has 1 aromatic rings. The molecule has 5 nitrogen and oxygen atoms in total. The predicted molar refractivity (Wildman–Crippen MR) is 50.5 cm³/mol. The van der Waals surface area contributed by atoms with Crippen LogP contribution in [0.1, 0.15) is 5.76 Å². The van der Waals surface area contributed by atoms with Crippen LogP contribution in [-0.2, 0) is 16.6 Å². The zero-order valence-corrected chi connectivity index (χ0v) is 9.28. The molecule has 7 heteroatoms. The highest BCUT2D eigenvalue weighted by molar-refractivity contribution is 9.10. The lowest BCUT2D eigenvalue weighted by molar-refractivity contribution is 0.483. The first-order valence-corrected chi connectivity index (χ1v) is 5.70. The van der Waals surface area contributed by atoms with Crippen molar-refractivity contribution in [3.63, 3.8) is 0 Å². The third-order valence-corrected chi connectivity index (χ3v) is 3.74. The highest BCUT2D eigenvalue weighted by Gasteiger charge is 2.19. The molecule has 0 aliphatic rings. The fraction of sp³-hybridized carbons (Fsp3) is 0.333. The molecular formula is C6H9BrN2O3S. The van der Waals surface area contributed by atoms with Gasteiger partial charge in [0.25, 0.3) is 0 Å². The van der Waals surface area contributed by atoms with Crippen LogP contribution in [0.4, 0.5) is 0 Å². The molecule has 0 radical (unpaired) electrons. The fourth-order valence-electron chi connectivity index (χ4n) is 0.792. The van der Waals surface area contributed by atoms with Crippen LogP contribution in [0.15, 0.2) is 20.0 Å². The number of sulfonamides is 1. The van der Waals surface area contributed by atoms with Gasteiger partial charge in [-0.3, -0.25) is 0 Å². The van der Waals surface area contributed by atoms with Gasteiger partial charge in [0.1, 0.15) is 10.7 Å². The van der Waals surface area contributed by atoms with E-state index in [4.69, 9.17) is 10.2 Å². The zero-order valence-electron chi connectivity index (χ0n) is 6.87. The first kappa shape index (κ1) is 10.7. The monoisotopic (exact) mass is 268 g/mol. The maximum Gasteiger partial charge on any atom is 0.244 e. The van der Waals surface area contributed by atoms with Gasteiger partial charge in [0.2, 0.25) is 10.0 Å². The van der Waals surface area contributed by atoms with Crippen LogP contribution >= 0.6 is 15.9 Å². The van der Waals surface area contributed by atoms with Crippen LogP contribution in [0.25, 0.3) is 0 Å². The van der Waals surface area contributed by atoms with Crippen molar-refractivity contribution in [1.82, 2.24) is 4.72 Å². The summed E-state index contributed by atoms with van der Waals surface area (Å²) in [7, 11) is -2.13. The standard InChI is InChI=1S/C6H9BrN2O3S/c1-9-13(10,11)5-2-4(3-8)12-6(5)7/h2,9H,3,8H2,1H3. The Labute approximate surface area is 84.5 Å². The second kappa shape index (κ2) is 3.79. The van der Waals surface area contributed by atoms with E-state index in [9.17, 15) is 8.42 Å². The Bertz CT molecular complexity index is 398. The second-order valence-electron chi connectivity index (χ2n) is 2.26. The average Bonchev–Trinajstić information content (AvgIpc) is 2.47. The molecule has 1 rings (SSSR count). The summed E-state index contributed by atoms with van der Waals surface area (Å²) < 4.78 is 30.0. The number of rotatable bonds is 3. The average molecular weight is 269 g/mol. The number of nitrogens with one attached hydrogen (secondary N) is 1. The highest BCUT2D eigenvalue weighted by Crippen LogP contribution is 2.25. The van der Waals surface area contributed by atoms with Crippen LogP contribution in [0.3, 0.4) is 0 Å². The summed E-state index contributed by atoms with van der Waals surface area (Å²) in [4.78, 5) is 0.0652. The van der Waals surface area contributed by atoms with Crippen molar-refractivity contribution >= 4 is 26.0 Å². The Kier molecular flexibility index (Phi) is 3.12. The molecule has 13 heavy (non-hydrogen) atoms. The van der Waals surface area contributed by atoms with E-state index in [-0.39, 0.29) is 16.1 Å². The number of furan rings is 1. The van der Waals surface area contributed by atoms with E-state index in [2.05, 4.69) is 20.7 Å². The van der Waals surface area contributed by atoms with Crippen molar-refractivity contribution in [3.8, 4) is 0 Å². The second-order valence-corrected chi connectivity index (χ2v) is 4.84. The largest absolute Gasteiger partial charge is 0.452 e.